The molecule has 1 unspecified atom stereocenters. The number of methoxy groups -OCH3 is 1. The number of carbonyl (C=O) groups is 2. The number of pyridine rings is 1. The summed E-state index contributed by atoms with van der Waals surface area (Å²) in [6, 6.07) is 3.71. The summed E-state index contributed by atoms with van der Waals surface area (Å²) < 4.78 is 6.40. The molecule has 0 spiro atoms. The number of hydrogen-bond acceptors (Lipinski definition) is 5. The number of carbonyl (C=O) groups excluding carboxylic acids is 1. The Bertz CT molecular complexity index is 755. The van der Waals surface area contributed by atoms with Crippen LogP contribution >= 0.6 is 0 Å². The van der Waals surface area contributed by atoms with E-state index in [9.17, 15) is 14.7 Å². The van der Waals surface area contributed by atoms with Crippen molar-refractivity contribution in [3.05, 3.63) is 35.8 Å². The Morgan fingerprint density at radius 2 is 2.29 bits per heavy atom. The van der Waals surface area contributed by atoms with Crippen molar-refractivity contribution >= 4 is 11.9 Å². The first-order valence-corrected chi connectivity index (χ1v) is 7.88. The fourth-order valence-electron chi connectivity index (χ4n) is 3.31. The second-order valence-corrected chi connectivity index (χ2v) is 5.87. The monoisotopic (exact) mass is 329 g/mol. The molecule has 126 valence electrons. The standard InChI is InChI=1S/C17H19N3O4/c1-24-15(23)10-20-13-6-2-4-11(8-14(21)22)16(13)17(19-20)12-5-3-7-18-9-12/h3,5,7,9,11H,2,4,6,8,10H2,1H3,(H,21,22). The maximum atomic E-state index is 11.7. The van der Waals surface area contributed by atoms with Crippen LogP contribution in [0.3, 0.4) is 0 Å². The first-order valence-electron chi connectivity index (χ1n) is 7.88. The Morgan fingerprint density at radius 3 is 2.96 bits per heavy atom. The van der Waals surface area contributed by atoms with Gasteiger partial charge in [-0.05, 0) is 37.3 Å². The molecule has 2 aromatic heterocycles. The highest BCUT2D eigenvalue weighted by molar-refractivity contribution is 5.72. The minimum Gasteiger partial charge on any atom is -0.481 e. The molecule has 0 saturated carbocycles. The average Bonchev–Trinajstić information content (AvgIpc) is 2.95. The quantitative estimate of drug-likeness (QED) is 0.843. The Hall–Kier alpha value is -2.70. The molecule has 0 amide bonds. The van der Waals surface area contributed by atoms with Crippen LogP contribution in [-0.2, 0) is 27.3 Å². The lowest BCUT2D eigenvalue weighted by Crippen LogP contribution is -2.19. The summed E-state index contributed by atoms with van der Waals surface area (Å²) in [7, 11) is 1.34. The third kappa shape index (κ3) is 3.15. The van der Waals surface area contributed by atoms with Gasteiger partial charge in [-0.15, -0.1) is 0 Å². The van der Waals surface area contributed by atoms with E-state index in [1.54, 1.807) is 17.1 Å². The van der Waals surface area contributed by atoms with Crippen LogP contribution in [0.4, 0.5) is 0 Å². The van der Waals surface area contributed by atoms with Gasteiger partial charge in [0.1, 0.15) is 6.54 Å². The van der Waals surface area contributed by atoms with E-state index in [0.29, 0.717) is 5.69 Å². The average molecular weight is 329 g/mol. The zero-order chi connectivity index (χ0) is 17.1. The third-order valence-electron chi connectivity index (χ3n) is 4.34. The molecule has 24 heavy (non-hydrogen) atoms. The third-order valence-corrected chi connectivity index (χ3v) is 4.34. The van der Waals surface area contributed by atoms with Crippen LogP contribution in [0.15, 0.2) is 24.5 Å². The number of carboxylic acid groups (broad SMARTS) is 1. The maximum Gasteiger partial charge on any atom is 0.327 e. The predicted octanol–water partition coefficient (Wildman–Crippen LogP) is 2.01. The fourth-order valence-corrected chi connectivity index (χ4v) is 3.31. The molecule has 1 N–H and O–H groups in total. The molecule has 1 atom stereocenters. The number of nitrogens with zero attached hydrogens (tertiary/aromatic N) is 3. The van der Waals surface area contributed by atoms with Crippen LogP contribution in [0.1, 0.15) is 36.4 Å². The molecule has 7 heteroatoms. The molecule has 3 rings (SSSR count). The number of carboxylic acids is 1. The first-order chi connectivity index (χ1) is 11.6. The summed E-state index contributed by atoms with van der Waals surface area (Å²) in [5.74, 6) is -1.31. The lowest BCUT2D eigenvalue weighted by molar-refractivity contribution is -0.141. The van der Waals surface area contributed by atoms with Crippen LogP contribution in [0, 0.1) is 0 Å². The Balaban J connectivity index is 2.10. The summed E-state index contributed by atoms with van der Waals surface area (Å²) in [6.45, 7) is 0.0267. The number of aromatic nitrogens is 3. The number of esters is 1. The zero-order valence-corrected chi connectivity index (χ0v) is 13.4. The van der Waals surface area contributed by atoms with Crippen LogP contribution in [0.2, 0.25) is 0 Å². The zero-order valence-electron chi connectivity index (χ0n) is 13.4. The molecule has 0 aromatic carbocycles. The summed E-state index contributed by atoms with van der Waals surface area (Å²) >= 11 is 0. The SMILES string of the molecule is COC(=O)Cn1nc(-c2cccnc2)c2c1CCCC2CC(=O)O. The van der Waals surface area contributed by atoms with E-state index in [1.165, 1.54) is 7.11 Å². The predicted molar refractivity (Wildman–Crippen MR) is 85.4 cm³/mol. The summed E-state index contributed by atoms with van der Waals surface area (Å²) in [4.78, 5) is 27.1. The molecule has 1 aliphatic carbocycles. The molecule has 0 bridgehead atoms. The second kappa shape index (κ2) is 6.82. The highest BCUT2D eigenvalue weighted by atomic mass is 16.5. The van der Waals surface area contributed by atoms with Gasteiger partial charge < -0.3 is 9.84 Å². The van der Waals surface area contributed by atoms with Crippen molar-refractivity contribution in [2.45, 2.75) is 38.1 Å². The fraction of sp³-hybridized carbons (Fsp3) is 0.412. The van der Waals surface area contributed by atoms with E-state index in [2.05, 4.69) is 10.1 Å². The largest absolute Gasteiger partial charge is 0.481 e. The van der Waals surface area contributed by atoms with Gasteiger partial charge in [-0.25, -0.2) is 0 Å². The lowest BCUT2D eigenvalue weighted by atomic mass is 9.82. The van der Waals surface area contributed by atoms with E-state index in [-0.39, 0.29) is 24.9 Å². The van der Waals surface area contributed by atoms with Gasteiger partial charge in [0.15, 0.2) is 0 Å². The molecule has 0 saturated heterocycles. The molecular weight excluding hydrogens is 310 g/mol. The van der Waals surface area contributed by atoms with Gasteiger partial charge >= 0.3 is 11.9 Å². The number of rotatable bonds is 5. The highest BCUT2D eigenvalue weighted by Gasteiger charge is 2.31. The van der Waals surface area contributed by atoms with Crippen molar-refractivity contribution in [3.63, 3.8) is 0 Å². The van der Waals surface area contributed by atoms with Gasteiger partial charge in [0.2, 0.25) is 0 Å². The van der Waals surface area contributed by atoms with Gasteiger partial charge in [-0.1, -0.05) is 0 Å². The van der Waals surface area contributed by atoms with Gasteiger partial charge in [0.25, 0.3) is 0 Å². The molecule has 2 aromatic rings. The normalized spacial score (nSPS) is 16.5. The van der Waals surface area contributed by atoms with E-state index in [4.69, 9.17) is 4.74 Å². The molecular formula is C17H19N3O4. The van der Waals surface area contributed by atoms with E-state index in [1.807, 2.05) is 12.1 Å². The van der Waals surface area contributed by atoms with Gasteiger partial charge in [0.05, 0.1) is 19.2 Å². The molecule has 1 aliphatic rings. The van der Waals surface area contributed by atoms with Gasteiger partial charge in [-0.2, -0.15) is 5.10 Å². The highest BCUT2D eigenvalue weighted by Crippen LogP contribution is 2.40. The lowest BCUT2D eigenvalue weighted by Gasteiger charge is -2.22. The molecule has 0 radical (unpaired) electrons. The molecule has 0 fully saturated rings. The Labute approximate surface area is 139 Å². The Kier molecular flexibility index (Phi) is 4.59. The molecule has 2 heterocycles. The van der Waals surface area contributed by atoms with E-state index in [0.717, 1.165) is 36.1 Å². The van der Waals surface area contributed by atoms with E-state index < -0.39 is 5.97 Å². The van der Waals surface area contributed by atoms with Crippen LogP contribution in [-0.4, -0.2) is 38.9 Å². The summed E-state index contributed by atoms with van der Waals surface area (Å²) in [6.07, 6.45) is 5.90. The van der Waals surface area contributed by atoms with Crippen molar-refractivity contribution in [3.8, 4) is 11.3 Å². The minimum atomic E-state index is -0.828. The minimum absolute atomic E-state index is 0.0267. The van der Waals surface area contributed by atoms with Crippen molar-refractivity contribution < 1.29 is 19.4 Å². The van der Waals surface area contributed by atoms with Crippen molar-refractivity contribution in [1.29, 1.82) is 0 Å². The topological polar surface area (TPSA) is 94.3 Å². The smallest absolute Gasteiger partial charge is 0.327 e. The molecule has 0 aliphatic heterocycles. The number of hydrogen-bond donors (Lipinski definition) is 1. The van der Waals surface area contributed by atoms with Crippen LogP contribution in [0.5, 0.6) is 0 Å². The first kappa shape index (κ1) is 16.2. The van der Waals surface area contributed by atoms with Crippen LogP contribution in [0.25, 0.3) is 11.3 Å². The van der Waals surface area contributed by atoms with Crippen molar-refractivity contribution in [2.24, 2.45) is 0 Å². The summed E-state index contributed by atoms with van der Waals surface area (Å²) in [5.41, 5.74) is 3.40. The number of aliphatic carboxylic acids is 1. The van der Waals surface area contributed by atoms with Crippen LogP contribution < -0.4 is 0 Å². The Morgan fingerprint density at radius 1 is 1.46 bits per heavy atom. The van der Waals surface area contributed by atoms with E-state index >= 15 is 0 Å². The summed E-state index contributed by atoms with van der Waals surface area (Å²) in [5, 5.41) is 13.8. The van der Waals surface area contributed by atoms with Crippen molar-refractivity contribution in [2.75, 3.05) is 7.11 Å². The molecule has 7 nitrogen and oxygen atoms in total. The van der Waals surface area contributed by atoms with Gasteiger partial charge in [-0.3, -0.25) is 19.3 Å². The second-order valence-electron chi connectivity index (χ2n) is 5.87. The maximum absolute atomic E-state index is 11.7. The van der Waals surface area contributed by atoms with Crippen molar-refractivity contribution in [1.82, 2.24) is 14.8 Å². The number of fused-ring (bicyclic) bond motifs is 1. The number of ether oxygens (including phenoxy) is 1. The van der Waals surface area contributed by atoms with Gasteiger partial charge in [0, 0.05) is 29.2 Å².